The molecule has 0 unspecified atom stereocenters. The Morgan fingerprint density at radius 1 is 1.21 bits per heavy atom. The maximum atomic E-state index is 12.4. The van der Waals surface area contributed by atoms with Crippen LogP contribution in [-0.4, -0.2) is 22.3 Å². The van der Waals surface area contributed by atoms with E-state index in [1.165, 1.54) is 17.2 Å². The molecule has 28 heavy (non-hydrogen) atoms. The van der Waals surface area contributed by atoms with Crippen LogP contribution < -0.4 is 0 Å². The lowest BCUT2D eigenvalue weighted by atomic mass is 9.83. The average molecular weight is 409 g/mol. The number of halogens is 1. The molecule has 0 N–H and O–H groups in total. The van der Waals surface area contributed by atoms with E-state index in [4.69, 9.17) is 11.6 Å². The van der Waals surface area contributed by atoms with Gasteiger partial charge >= 0.3 is 0 Å². The third-order valence-electron chi connectivity index (χ3n) is 5.26. The smallest absolute Gasteiger partial charge is 0.246 e. The number of nitrogens with zero attached hydrogens (tertiary/aromatic N) is 2. The summed E-state index contributed by atoms with van der Waals surface area (Å²) in [7, 11) is 0. The van der Waals surface area contributed by atoms with Crippen molar-refractivity contribution in [1.82, 2.24) is 9.88 Å². The van der Waals surface area contributed by atoms with Crippen LogP contribution in [-0.2, 0) is 11.3 Å². The van der Waals surface area contributed by atoms with Crippen LogP contribution in [0.1, 0.15) is 33.3 Å². The molecule has 0 saturated carbocycles. The van der Waals surface area contributed by atoms with Gasteiger partial charge in [0.25, 0.3) is 0 Å². The highest BCUT2D eigenvalue weighted by Gasteiger charge is 2.31. The van der Waals surface area contributed by atoms with Crippen molar-refractivity contribution in [2.45, 2.75) is 26.3 Å². The Labute approximate surface area is 174 Å². The molecule has 142 valence electrons. The Kier molecular flexibility index (Phi) is 5.09. The quantitative estimate of drug-likeness (QED) is 0.517. The summed E-state index contributed by atoms with van der Waals surface area (Å²) in [6.45, 7) is 8.90. The van der Waals surface area contributed by atoms with Crippen LogP contribution in [0.5, 0.6) is 0 Å². The predicted octanol–water partition coefficient (Wildman–Crippen LogP) is 5.74. The van der Waals surface area contributed by atoms with E-state index in [0.29, 0.717) is 13.1 Å². The van der Waals surface area contributed by atoms with Crippen molar-refractivity contribution in [2.24, 2.45) is 0 Å². The van der Waals surface area contributed by atoms with Crippen LogP contribution in [0, 0.1) is 13.8 Å². The summed E-state index contributed by atoms with van der Waals surface area (Å²) in [6.07, 6.45) is 1.39. The monoisotopic (exact) mass is 408 g/mol. The Bertz CT molecular complexity index is 1070. The zero-order valence-corrected chi connectivity index (χ0v) is 17.5. The maximum absolute atomic E-state index is 12.4. The van der Waals surface area contributed by atoms with E-state index in [9.17, 15) is 4.79 Å². The third kappa shape index (κ3) is 3.38. The number of amides is 1. The van der Waals surface area contributed by atoms with E-state index in [-0.39, 0.29) is 11.8 Å². The van der Waals surface area contributed by atoms with Crippen molar-refractivity contribution in [3.8, 4) is 11.1 Å². The summed E-state index contributed by atoms with van der Waals surface area (Å²) in [5.41, 5.74) is 6.69. The Morgan fingerprint density at radius 3 is 2.75 bits per heavy atom. The molecule has 0 fully saturated rings. The normalized spacial score (nSPS) is 16.0. The van der Waals surface area contributed by atoms with Crippen molar-refractivity contribution in [1.29, 1.82) is 0 Å². The summed E-state index contributed by atoms with van der Waals surface area (Å²) in [4.78, 5) is 20.0. The third-order valence-corrected chi connectivity index (χ3v) is 6.53. The van der Waals surface area contributed by atoms with Gasteiger partial charge in [0.15, 0.2) is 0 Å². The fraction of sp³-hybridized carbons (Fsp3) is 0.217. The van der Waals surface area contributed by atoms with Gasteiger partial charge in [-0.25, -0.2) is 0 Å². The molecule has 3 heterocycles. The minimum absolute atomic E-state index is 0.0502. The van der Waals surface area contributed by atoms with E-state index < -0.39 is 0 Å². The van der Waals surface area contributed by atoms with Gasteiger partial charge in [-0.1, -0.05) is 48.5 Å². The van der Waals surface area contributed by atoms with Gasteiger partial charge in [-0.3, -0.25) is 9.78 Å². The molecular weight excluding hydrogens is 388 g/mol. The van der Waals surface area contributed by atoms with Gasteiger partial charge in [0.2, 0.25) is 5.91 Å². The number of rotatable bonds is 3. The van der Waals surface area contributed by atoms with Crippen LogP contribution in [0.2, 0.25) is 4.34 Å². The van der Waals surface area contributed by atoms with Gasteiger partial charge < -0.3 is 4.90 Å². The number of hydrogen-bond acceptors (Lipinski definition) is 3. The van der Waals surface area contributed by atoms with Gasteiger partial charge in [0.05, 0.1) is 10.9 Å². The first-order chi connectivity index (χ1) is 13.5. The minimum atomic E-state index is -0.0502. The van der Waals surface area contributed by atoms with Crippen LogP contribution in [0.4, 0.5) is 0 Å². The molecule has 0 bridgehead atoms. The molecule has 2 aromatic heterocycles. The predicted molar refractivity (Wildman–Crippen MR) is 116 cm³/mol. The SMILES string of the molecule is C=CC(=O)N1Cc2sc(Cl)cc2[C@H](c2ccccc2-c2ccc(C)nc2C)C1. The van der Waals surface area contributed by atoms with Crippen molar-refractivity contribution in [2.75, 3.05) is 6.54 Å². The van der Waals surface area contributed by atoms with E-state index in [2.05, 4.69) is 48.0 Å². The Hall–Kier alpha value is -2.43. The summed E-state index contributed by atoms with van der Waals surface area (Å²) in [6, 6.07) is 14.6. The molecule has 0 radical (unpaired) electrons. The highest BCUT2D eigenvalue weighted by molar-refractivity contribution is 7.16. The molecule has 5 heteroatoms. The van der Waals surface area contributed by atoms with Crippen molar-refractivity contribution >= 4 is 28.8 Å². The molecule has 1 aliphatic rings. The van der Waals surface area contributed by atoms with Gasteiger partial charge in [-0.05, 0) is 48.7 Å². The Balaban J connectivity index is 1.86. The number of benzene rings is 1. The number of thiophene rings is 1. The first-order valence-corrected chi connectivity index (χ1v) is 10.4. The lowest BCUT2D eigenvalue weighted by Gasteiger charge is -2.33. The number of carbonyl (C=O) groups is 1. The summed E-state index contributed by atoms with van der Waals surface area (Å²) < 4.78 is 0.758. The number of pyridine rings is 1. The van der Waals surface area contributed by atoms with Crippen LogP contribution in [0.25, 0.3) is 11.1 Å². The molecule has 3 aromatic rings. The maximum Gasteiger partial charge on any atom is 0.246 e. The summed E-state index contributed by atoms with van der Waals surface area (Å²) in [5, 5.41) is 0. The van der Waals surface area contributed by atoms with Gasteiger partial charge in [-0.15, -0.1) is 11.3 Å². The largest absolute Gasteiger partial charge is 0.333 e. The number of aryl methyl sites for hydroxylation is 2. The number of hydrogen-bond donors (Lipinski definition) is 0. The van der Waals surface area contributed by atoms with E-state index in [0.717, 1.165) is 31.7 Å². The zero-order chi connectivity index (χ0) is 19.8. The molecule has 0 spiro atoms. The lowest BCUT2D eigenvalue weighted by Crippen LogP contribution is -2.37. The zero-order valence-electron chi connectivity index (χ0n) is 15.9. The van der Waals surface area contributed by atoms with Crippen molar-refractivity contribution in [3.05, 3.63) is 86.8 Å². The fourth-order valence-electron chi connectivity index (χ4n) is 3.96. The minimum Gasteiger partial charge on any atom is -0.333 e. The van der Waals surface area contributed by atoms with Crippen LogP contribution in [0.15, 0.2) is 55.1 Å². The van der Waals surface area contributed by atoms with E-state index in [1.807, 2.05) is 24.8 Å². The number of fused-ring (bicyclic) bond motifs is 1. The Morgan fingerprint density at radius 2 is 2.00 bits per heavy atom. The molecular formula is C23H21ClN2OS. The summed E-state index contributed by atoms with van der Waals surface area (Å²) >= 11 is 7.90. The van der Waals surface area contributed by atoms with Gasteiger partial charge in [0, 0.05) is 34.3 Å². The molecule has 1 atom stereocenters. The number of aromatic nitrogens is 1. The van der Waals surface area contributed by atoms with Crippen molar-refractivity contribution < 1.29 is 4.79 Å². The molecule has 1 aromatic carbocycles. The molecule has 0 saturated heterocycles. The topological polar surface area (TPSA) is 33.2 Å². The first kappa shape index (κ1) is 18.9. The first-order valence-electron chi connectivity index (χ1n) is 9.21. The number of carbonyl (C=O) groups excluding carboxylic acids is 1. The molecule has 3 nitrogen and oxygen atoms in total. The fourth-order valence-corrected chi connectivity index (χ4v) is 5.32. The van der Waals surface area contributed by atoms with E-state index in [1.54, 1.807) is 11.3 Å². The molecule has 1 amide bonds. The average Bonchev–Trinajstić information content (AvgIpc) is 3.07. The van der Waals surface area contributed by atoms with Gasteiger partial charge in [0.1, 0.15) is 0 Å². The van der Waals surface area contributed by atoms with Crippen LogP contribution in [0.3, 0.4) is 0 Å². The summed E-state index contributed by atoms with van der Waals surface area (Å²) in [5.74, 6) is 0.0131. The standard InChI is InChI=1S/C23H21ClN2OS/c1-4-23(27)26-12-20(19-11-22(24)28-21(19)13-26)18-8-6-5-7-17(18)16-10-9-14(2)25-15(16)3/h4-11,20H,1,12-13H2,2-3H3/t20-/m0/s1. The van der Waals surface area contributed by atoms with Crippen molar-refractivity contribution in [3.63, 3.8) is 0 Å². The second kappa shape index (κ2) is 7.53. The van der Waals surface area contributed by atoms with Gasteiger partial charge in [-0.2, -0.15) is 0 Å². The lowest BCUT2D eigenvalue weighted by molar-refractivity contribution is -0.127. The molecule has 0 aliphatic carbocycles. The second-order valence-electron chi connectivity index (χ2n) is 7.08. The van der Waals surface area contributed by atoms with Crippen LogP contribution >= 0.6 is 22.9 Å². The highest BCUT2D eigenvalue weighted by atomic mass is 35.5. The van der Waals surface area contributed by atoms with E-state index >= 15 is 0 Å². The molecule has 1 aliphatic heterocycles. The second-order valence-corrected chi connectivity index (χ2v) is 8.85. The molecule has 4 rings (SSSR count). The highest BCUT2D eigenvalue weighted by Crippen LogP contribution is 2.43.